The molecule has 0 amide bonds. The average Bonchev–Trinajstić information content (AvgIpc) is 2.68. The molecule has 0 aliphatic carbocycles. The number of ether oxygens (including phenoxy) is 1. The van der Waals surface area contributed by atoms with E-state index in [1.54, 1.807) is 36.4 Å². The largest absolute Gasteiger partial charge is 0.423 e. The van der Waals surface area contributed by atoms with E-state index in [1.807, 2.05) is 36.4 Å². The molecule has 0 unspecified atom stereocenters. The maximum Gasteiger partial charge on any atom is 0.343 e. The van der Waals surface area contributed by atoms with Crippen molar-refractivity contribution in [3.05, 3.63) is 95.8 Å². The van der Waals surface area contributed by atoms with E-state index >= 15 is 0 Å². The van der Waals surface area contributed by atoms with Crippen molar-refractivity contribution in [1.29, 1.82) is 5.26 Å². The number of allylic oxidation sites excluding steroid dienone is 1. The molecule has 0 fully saturated rings. The SMILES string of the molecule is N#C/C(=C/c1cccc(OC(=O)c2ccncc2)c1)c1ccccc1. The van der Waals surface area contributed by atoms with Crippen LogP contribution in [0.3, 0.4) is 0 Å². The summed E-state index contributed by atoms with van der Waals surface area (Å²) in [5.74, 6) is -0.0343. The van der Waals surface area contributed by atoms with Crippen molar-refractivity contribution >= 4 is 17.6 Å². The molecule has 25 heavy (non-hydrogen) atoms. The molecule has 0 aliphatic rings. The van der Waals surface area contributed by atoms with Gasteiger partial charge >= 0.3 is 5.97 Å². The molecule has 0 N–H and O–H groups in total. The highest BCUT2D eigenvalue weighted by molar-refractivity contribution is 5.91. The number of esters is 1. The van der Waals surface area contributed by atoms with E-state index in [0.29, 0.717) is 16.9 Å². The number of benzene rings is 2. The number of rotatable bonds is 4. The number of nitrogens with zero attached hydrogens (tertiary/aromatic N) is 2. The number of pyridine rings is 1. The van der Waals surface area contributed by atoms with E-state index in [1.165, 1.54) is 12.4 Å². The summed E-state index contributed by atoms with van der Waals surface area (Å²) in [6.07, 6.45) is 4.84. The van der Waals surface area contributed by atoms with E-state index in [2.05, 4.69) is 11.1 Å². The third-order valence-electron chi connectivity index (χ3n) is 3.50. The molecule has 120 valence electrons. The Morgan fingerprint density at radius 1 is 0.960 bits per heavy atom. The first-order valence-corrected chi connectivity index (χ1v) is 7.66. The molecule has 0 aliphatic heterocycles. The zero-order valence-electron chi connectivity index (χ0n) is 13.3. The summed E-state index contributed by atoms with van der Waals surface area (Å²) in [6.45, 7) is 0. The highest BCUT2D eigenvalue weighted by Gasteiger charge is 2.08. The van der Waals surface area contributed by atoms with Crippen LogP contribution in [0.2, 0.25) is 0 Å². The first-order chi connectivity index (χ1) is 12.3. The van der Waals surface area contributed by atoms with Gasteiger partial charge in [0.15, 0.2) is 0 Å². The first kappa shape index (κ1) is 16.2. The van der Waals surface area contributed by atoms with E-state index in [0.717, 1.165) is 11.1 Å². The third-order valence-corrected chi connectivity index (χ3v) is 3.50. The van der Waals surface area contributed by atoms with Crippen molar-refractivity contribution in [3.8, 4) is 11.8 Å². The molecule has 0 bridgehead atoms. The minimum absolute atomic E-state index is 0.418. The number of carbonyl (C=O) groups is 1. The van der Waals surface area contributed by atoms with Crippen LogP contribution in [0.4, 0.5) is 0 Å². The van der Waals surface area contributed by atoms with Crippen LogP contribution in [-0.2, 0) is 0 Å². The molecule has 1 heterocycles. The predicted octanol–water partition coefficient (Wildman–Crippen LogP) is 4.36. The average molecular weight is 326 g/mol. The molecular formula is C21H14N2O2. The van der Waals surface area contributed by atoms with Crippen molar-refractivity contribution in [2.24, 2.45) is 0 Å². The van der Waals surface area contributed by atoms with Gasteiger partial charge < -0.3 is 4.74 Å². The van der Waals surface area contributed by atoms with Crippen molar-refractivity contribution in [1.82, 2.24) is 4.98 Å². The van der Waals surface area contributed by atoms with Gasteiger partial charge in [0.25, 0.3) is 0 Å². The van der Waals surface area contributed by atoms with Gasteiger partial charge in [-0.25, -0.2) is 4.79 Å². The lowest BCUT2D eigenvalue weighted by Crippen LogP contribution is -2.08. The Kier molecular flexibility index (Phi) is 4.98. The molecule has 0 radical (unpaired) electrons. The molecule has 0 saturated heterocycles. The normalized spacial score (nSPS) is 10.8. The van der Waals surface area contributed by atoms with Gasteiger partial charge in [0.05, 0.1) is 17.2 Å². The summed E-state index contributed by atoms with van der Waals surface area (Å²) in [5.41, 5.74) is 2.58. The van der Waals surface area contributed by atoms with Gasteiger partial charge in [0, 0.05) is 12.4 Å². The zero-order valence-corrected chi connectivity index (χ0v) is 13.3. The quantitative estimate of drug-likeness (QED) is 0.309. The van der Waals surface area contributed by atoms with Gasteiger partial charge in [-0.3, -0.25) is 4.98 Å². The van der Waals surface area contributed by atoms with Gasteiger partial charge in [-0.15, -0.1) is 0 Å². The lowest BCUT2D eigenvalue weighted by Gasteiger charge is -2.05. The Balaban J connectivity index is 1.83. The highest BCUT2D eigenvalue weighted by Crippen LogP contribution is 2.21. The monoisotopic (exact) mass is 326 g/mol. The van der Waals surface area contributed by atoms with Crippen LogP contribution in [0.5, 0.6) is 5.75 Å². The third kappa shape index (κ3) is 4.18. The number of nitriles is 1. The van der Waals surface area contributed by atoms with E-state index in [9.17, 15) is 10.1 Å². The Morgan fingerprint density at radius 3 is 2.44 bits per heavy atom. The molecule has 0 atom stereocenters. The summed E-state index contributed by atoms with van der Waals surface area (Å²) >= 11 is 0. The van der Waals surface area contributed by atoms with Crippen LogP contribution >= 0.6 is 0 Å². The fourth-order valence-electron chi connectivity index (χ4n) is 2.29. The van der Waals surface area contributed by atoms with Gasteiger partial charge in [-0.2, -0.15) is 5.26 Å². The molecule has 0 spiro atoms. The molecule has 4 heteroatoms. The van der Waals surface area contributed by atoms with Crippen molar-refractivity contribution in [2.75, 3.05) is 0 Å². The topological polar surface area (TPSA) is 63.0 Å². The second kappa shape index (κ2) is 7.71. The maximum absolute atomic E-state index is 12.1. The smallest absolute Gasteiger partial charge is 0.343 e. The van der Waals surface area contributed by atoms with Gasteiger partial charge in [0.1, 0.15) is 5.75 Å². The van der Waals surface area contributed by atoms with Gasteiger partial charge in [-0.05, 0) is 41.5 Å². The summed E-state index contributed by atoms with van der Waals surface area (Å²) in [6, 6.07) is 21.9. The molecule has 4 nitrogen and oxygen atoms in total. The Morgan fingerprint density at radius 2 is 1.72 bits per heavy atom. The van der Waals surface area contributed by atoms with Crippen LogP contribution in [0, 0.1) is 11.3 Å². The van der Waals surface area contributed by atoms with E-state index in [-0.39, 0.29) is 0 Å². The number of hydrogen-bond donors (Lipinski definition) is 0. The highest BCUT2D eigenvalue weighted by atomic mass is 16.5. The molecule has 3 aromatic rings. The minimum Gasteiger partial charge on any atom is -0.423 e. The van der Waals surface area contributed by atoms with Crippen LogP contribution in [0.25, 0.3) is 11.6 Å². The summed E-state index contributed by atoms with van der Waals surface area (Å²) < 4.78 is 5.38. The standard InChI is InChI=1S/C21H14N2O2/c22-15-19(17-6-2-1-3-7-17)13-16-5-4-8-20(14-16)25-21(24)18-9-11-23-12-10-18/h1-14H/b19-13-. The first-order valence-electron chi connectivity index (χ1n) is 7.66. The lowest BCUT2D eigenvalue weighted by atomic mass is 10.0. The van der Waals surface area contributed by atoms with Crippen molar-refractivity contribution < 1.29 is 9.53 Å². The Bertz CT molecular complexity index is 942. The van der Waals surface area contributed by atoms with Crippen LogP contribution in [0.1, 0.15) is 21.5 Å². The Hall–Kier alpha value is -3.71. The van der Waals surface area contributed by atoms with Gasteiger partial charge in [-0.1, -0.05) is 42.5 Å². The fourth-order valence-corrected chi connectivity index (χ4v) is 2.29. The van der Waals surface area contributed by atoms with E-state index < -0.39 is 5.97 Å². The second-order valence-electron chi connectivity index (χ2n) is 5.23. The molecule has 3 rings (SSSR count). The second-order valence-corrected chi connectivity index (χ2v) is 5.23. The van der Waals surface area contributed by atoms with Gasteiger partial charge in [0.2, 0.25) is 0 Å². The number of carbonyl (C=O) groups excluding carboxylic acids is 1. The van der Waals surface area contributed by atoms with Crippen LogP contribution in [0.15, 0.2) is 79.1 Å². The lowest BCUT2D eigenvalue weighted by molar-refractivity contribution is 0.0734. The molecule has 0 saturated carbocycles. The Labute approximate surface area is 145 Å². The van der Waals surface area contributed by atoms with Crippen molar-refractivity contribution in [2.45, 2.75) is 0 Å². The van der Waals surface area contributed by atoms with Crippen LogP contribution < -0.4 is 4.74 Å². The maximum atomic E-state index is 12.1. The van der Waals surface area contributed by atoms with Crippen LogP contribution in [-0.4, -0.2) is 11.0 Å². The van der Waals surface area contributed by atoms with Crippen molar-refractivity contribution in [3.63, 3.8) is 0 Å². The summed E-state index contributed by atoms with van der Waals surface area (Å²) in [4.78, 5) is 16.0. The van der Waals surface area contributed by atoms with E-state index in [4.69, 9.17) is 4.74 Å². The predicted molar refractivity (Wildman–Crippen MR) is 95.6 cm³/mol. The molecule has 2 aromatic carbocycles. The molecule has 1 aromatic heterocycles. The fraction of sp³-hybridized carbons (Fsp3) is 0. The number of hydrogen-bond acceptors (Lipinski definition) is 4. The summed E-state index contributed by atoms with van der Waals surface area (Å²) in [5, 5.41) is 9.39. The minimum atomic E-state index is -0.452. The molecular weight excluding hydrogens is 312 g/mol. The zero-order chi connectivity index (χ0) is 17.5. The number of aromatic nitrogens is 1. The summed E-state index contributed by atoms with van der Waals surface area (Å²) in [7, 11) is 0.